The van der Waals surface area contributed by atoms with Gasteiger partial charge in [0.2, 0.25) is 0 Å². The normalized spacial score (nSPS) is 12.6. The first kappa shape index (κ1) is 12.3. The minimum atomic E-state index is -0.373. The van der Waals surface area contributed by atoms with E-state index in [9.17, 15) is 5.11 Å². The van der Waals surface area contributed by atoms with Gasteiger partial charge in [-0.25, -0.2) is 0 Å². The third-order valence-corrected chi connectivity index (χ3v) is 4.18. The molecule has 0 fully saturated rings. The van der Waals surface area contributed by atoms with Crippen LogP contribution in [0.4, 0.5) is 0 Å². The lowest BCUT2D eigenvalue weighted by molar-refractivity contribution is 0.181. The molecule has 0 aliphatic heterocycles. The van der Waals surface area contributed by atoms with Crippen LogP contribution >= 0.6 is 11.3 Å². The number of aryl methyl sites for hydroxylation is 2. The molecule has 2 heteroatoms. The summed E-state index contributed by atoms with van der Waals surface area (Å²) < 4.78 is 0. The van der Waals surface area contributed by atoms with Gasteiger partial charge in [0.05, 0.1) is 6.10 Å². The van der Waals surface area contributed by atoms with E-state index in [4.69, 9.17) is 0 Å². The maximum atomic E-state index is 10.2. The van der Waals surface area contributed by atoms with Gasteiger partial charge in [0.15, 0.2) is 0 Å². The van der Waals surface area contributed by atoms with E-state index in [-0.39, 0.29) is 6.10 Å². The number of thiophene rings is 1. The summed E-state index contributed by atoms with van der Waals surface area (Å²) >= 11 is 1.63. The fourth-order valence-electron chi connectivity index (χ4n) is 1.95. The second kappa shape index (κ2) is 5.48. The predicted octanol–water partition coefficient (Wildman–Crippen LogP) is 3.90. The van der Waals surface area contributed by atoms with Crippen LogP contribution in [0.5, 0.6) is 0 Å². The van der Waals surface area contributed by atoms with E-state index in [1.54, 1.807) is 11.3 Å². The third kappa shape index (κ3) is 2.96. The molecule has 0 radical (unpaired) electrons. The zero-order chi connectivity index (χ0) is 12.3. The molecule has 0 aliphatic carbocycles. The Morgan fingerprint density at radius 1 is 1.12 bits per heavy atom. The van der Waals surface area contributed by atoms with Crippen molar-refractivity contribution in [2.24, 2.45) is 0 Å². The van der Waals surface area contributed by atoms with Crippen LogP contribution in [0.2, 0.25) is 0 Å². The molecule has 1 aromatic carbocycles. The molecule has 0 saturated heterocycles. The minimum Gasteiger partial charge on any atom is -0.387 e. The van der Waals surface area contributed by atoms with Crippen molar-refractivity contribution in [2.75, 3.05) is 0 Å². The Balaban J connectivity index is 2.07. The van der Waals surface area contributed by atoms with Crippen LogP contribution in [0.1, 0.15) is 34.6 Å². The van der Waals surface area contributed by atoms with Gasteiger partial charge in [-0.1, -0.05) is 31.2 Å². The Labute approximate surface area is 107 Å². The fourth-order valence-corrected chi connectivity index (χ4v) is 2.87. The van der Waals surface area contributed by atoms with Gasteiger partial charge in [-0.05, 0) is 41.5 Å². The van der Waals surface area contributed by atoms with E-state index >= 15 is 0 Å². The first-order valence-corrected chi connectivity index (χ1v) is 6.88. The molecule has 2 rings (SSSR count). The van der Waals surface area contributed by atoms with Crippen molar-refractivity contribution in [3.63, 3.8) is 0 Å². The molecule has 0 aliphatic rings. The van der Waals surface area contributed by atoms with Crippen LogP contribution in [-0.2, 0) is 12.8 Å². The molecule has 0 amide bonds. The van der Waals surface area contributed by atoms with Crippen molar-refractivity contribution in [3.8, 4) is 0 Å². The summed E-state index contributed by atoms with van der Waals surface area (Å²) in [5.41, 5.74) is 3.73. The molecular weight excluding hydrogens is 228 g/mol. The fraction of sp³-hybridized carbons (Fsp3) is 0.333. The highest BCUT2D eigenvalue weighted by atomic mass is 32.1. The Morgan fingerprint density at radius 2 is 1.76 bits per heavy atom. The van der Waals surface area contributed by atoms with Crippen molar-refractivity contribution >= 4 is 11.3 Å². The zero-order valence-electron chi connectivity index (χ0n) is 10.3. The SMILES string of the molecule is CCc1ccc(CC(O)c2sccc2C)cc1. The van der Waals surface area contributed by atoms with Crippen molar-refractivity contribution < 1.29 is 5.11 Å². The van der Waals surface area contributed by atoms with Gasteiger partial charge in [0.25, 0.3) is 0 Å². The highest BCUT2D eigenvalue weighted by Crippen LogP contribution is 2.26. The van der Waals surface area contributed by atoms with E-state index in [1.165, 1.54) is 16.7 Å². The molecule has 1 atom stereocenters. The summed E-state index contributed by atoms with van der Waals surface area (Å²) in [6.45, 7) is 4.20. The Kier molecular flexibility index (Phi) is 3.97. The third-order valence-electron chi connectivity index (χ3n) is 3.06. The van der Waals surface area contributed by atoms with Crippen LogP contribution in [0.25, 0.3) is 0 Å². The number of hydrogen-bond acceptors (Lipinski definition) is 2. The lowest BCUT2D eigenvalue weighted by atomic mass is 10.0. The first-order valence-electron chi connectivity index (χ1n) is 6.00. The molecule has 1 heterocycles. The molecule has 1 N–H and O–H groups in total. The lowest BCUT2D eigenvalue weighted by Crippen LogP contribution is -2.01. The second-order valence-electron chi connectivity index (χ2n) is 4.36. The first-order chi connectivity index (χ1) is 8.20. The van der Waals surface area contributed by atoms with Crippen molar-refractivity contribution in [2.45, 2.75) is 32.8 Å². The zero-order valence-corrected chi connectivity index (χ0v) is 11.1. The maximum absolute atomic E-state index is 10.2. The molecule has 17 heavy (non-hydrogen) atoms. The number of rotatable bonds is 4. The van der Waals surface area contributed by atoms with Gasteiger partial charge in [-0.3, -0.25) is 0 Å². The van der Waals surface area contributed by atoms with E-state index in [1.807, 2.05) is 5.38 Å². The maximum Gasteiger partial charge on any atom is 0.0924 e. The monoisotopic (exact) mass is 246 g/mol. The van der Waals surface area contributed by atoms with E-state index in [0.29, 0.717) is 6.42 Å². The Hall–Kier alpha value is -1.12. The number of hydrogen-bond donors (Lipinski definition) is 1. The van der Waals surface area contributed by atoms with Crippen LogP contribution in [0, 0.1) is 6.92 Å². The molecule has 1 aromatic heterocycles. The predicted molar refractivity (Wildman–Crippen MR) is 73.5 cm³/mol. The summed E-state index contributed by atoms with van der Waals surface area (Å²) in [4.78, 5) is 1.09. The molecule has 2 aromatic rings. The largest absolute Gasteiger partial charge is 0.387 e. The summed E-state index contributed by atoms with van der Waals surface area (Å²) in [7, 11) is 0. The Bertz CT molecular complexity index is 470. The van der Waals surface area contributed by atoms with Crippen LogP contribution in [0.3, 0.4) is 0 Å². The van der Waals surface area contributed by atoms with E-state index < -0.39 is 0 Å². The average molecular weight is 246 g/mol. The molecule has 1 nitrogen and oxygen atoms in total. The van der Waals surface area contributed by atoms with E-state index in [2.05, 4.69) is 44.2 Å². The van der Waals surface area contributed by atoms with Gasteiger partial charge in [0, 0.05) is 11.3 Å². The highest BCUT2D eigenvalue weighted by Gasteiger charge is 2.12. The van der Waals surface area contributed by atoms with Crippen LogP contribution < -0.4 is 0 Å². The lowest BCUT2D eigenvalue weighted by Gasteiger charge is -2.10. The molecule has 90 valence electrons. The summed E-state index contributed by atoms with van der Waals surface area (Å²) in [6, 6.07) is 10.6. The van der Waals surface area contributed by atoms with Gasteiger partial charge < -0.3 is 5.11 Å². The van der Waals surface area contributed by atoms with E-state index in [0.717, 1.165) is 11.3 Å². The second-order valence-corrected chi connectivity index (χ2v) is 5.31. The van der Waals surface area contributed by atoms with Crippen LogP contribution in [-0.4, -0.2) is 5.11 Å². The molecule has 0 saturated carbocycles. The topological polar surface area (TPSA) is 20.2 Å². The average Bonchev–Trinajstić information content (AvgIpc) is 2.76. The standard InChI is InChI=1S/C15H18OS/c1-3-12-4-6-13(7-5-12)10-14(16)15-11(2)8-9-17-15/h4-9,14,16H,3,10H2,1-2H3. The summed E-state index contributed by atoms with van der Waals surface area (Å²) in [5, 5.41) is 12.2. The molecular formula is C15H18OS. The molecule has 0 spiro atoms. The summed E-state index contributed by atoms with van der Waals surface area (Å²) in [6.07, 6.45) is 1.39. The van der Waals surface area contributed by atoms with Crippen molar-refractivity contribution in [1.29, 1.82) is 0 Å². The number of aliphatic hydroxyl groups is 1. The number of benzene rings is 1. The quantitative estimate of drug-likeness (QED) is 0.867. The minimum absolute atomic E-state index is 0.373. The van der Waals surface area contributed by atoms with Crippen molar-refractivity contribution in [1.82, 2.24) is 0 Å². The molecule has 1 unspecified atom stereocenters. The molecule has 0 bridgehead atoms. The Morgan fingerprint density at radius 3 is 2.29 bits per heavy atom. The van der Waals surface area contributed by atoms with Gasteiger partial charge >= 0.3 is 0 Å². The van der Waals surface area contributed by atoms with Gasteiger partial charge in [-0.2, -0.15) is 0 Å². The van der Waals surface area contributed by atoms with Gasteiger partial charge in [0.1, 0.15) is 0 Å². The van der Waals surface area contributed by atoms with Gasteiger partial charge in [-0.15, -0.1) is 11.3 Å². The van der Waals surface area contributed by atoms with Crippen molar-refractivity contribution in [3.05, 3.63) is 57.3 Å². The highest BCUT2D eigenvalue weighted by molar-refractivity contribution is 7.10. The summed E-state index contributed by atoms with van der Waals surface area (Å²) in [5.74, 6) is 0. The smallest absolute Gasteiger partial charge is 0.0924 e. The van der Waals surface area contributed by atoms with Crippen LogP contribution in [0.15, 0.2) is 35.7 Å². The number of aliphatic hydroxyl groups excluding tert-OH is 1.